The van der Waals surface area contributed by atoms with E-state index in [1.165, 1.54) is 4.68 Å². The van der Waals surface area contributed by atoms with E-state index in [-0.39, 0.29) is 6.54 Å². The molecule has 0 aromatic carbocycles. The van der Waals surface area contributed by atoms with Crippen LogP contribution in [-0.4, -0.2) is 19.6 Å². The first-order valence-electron chi connectivity index (χ1n) is 5.19. The summed E-state index contributed by atoms with van der Waals surface area (Å²) >= 11 is 0. The third-order valence-corrected chi connectivity index (χ3v) is 2.64. The van der Waals surface area contributed by atoms with E-state index in [0.717, 1.165) is 17.1 Å². The van der Waals surface area contributed by atoms with Crippen LogP contribution in [0.1, 0.15) is 16.8 Å². The number of aromatic nitrogens is 4. The summed E-state index contributed by atoms with van der Waals surface area (Å²) in [6.07, 6.45) is -2.70. The van der Waals surface area contributed by atoms with Crippen molar-refractivity contribution in [3.63, 3.8) is 0 Å². The predicted octanol–water partition coefficient (Wildman–Crippen LogP) is 1.39. The van der Waals surface area contributed by atoms with Crippen molar-refractivity contribution >= 4 is 0 Å². The largest absolute Gasteiger partial charge is 0.419 e. The van der Waals surface area contributed by atoms with Crippen molar-refractivity contribution in [1.82, 2.24) is 19.6 Å². The van der Waals surface area contributed by atoms with E-state index in [1.54, 1.807) is 14.0 Å². The van der Waals surface area contributed by atoms with Crippen LogP contribution in [0.5, 0.6) is 0 Å². The summed E-state index contributed by atoms with van der Waals surface area (Å²) in [5, 5.41) is 7.84. The van der Waals surface area contributed by atoms with Crippen LogP contribution in [0.15, 0.2) is 12.4 Å². The van der Waals surface area contributed by atoms with Crippen LogP contribution < -0.4 is 5.73 Å². The monoisotopic (exact) mass is 259 g/mol. The van der Waals surface area contributed by atoms with Gasteiger partial charge in [0.05, 0.1) is 17.5 Å². The zero-order chi connectivity index (χ0) is 13.5. The molecule has 18 heavy (non-hydrogen) atoms. The topological polar surface area (TPSA) is 61.7 Å². The Morgan fingerprint density at radius 2 is 2.06 bits per heavy atom. The van der Waals surface area contributed by atoms with Gasteiger partial charge in [-0.25, -0.2) is 4.68 Å². The Balaban J connectivity index is 2.53. The highest BCUT2D eigenvalue weighted by Gasteiger charge is 2.32. The van der Waals surface area contributed by atoms with Crippen LogP contribution in [0.25, 0.3) is 5.82 Å². The lowest BCUT2D eigenvalue weighted by Crippen LogP contribution is -2.08. The molecule has 2 aromatic heterocycles. The zero-order valence-electron chi connectivity index (χ0n) is 9.86. The minimum Gasteiger partial charge on any atom is -0.326 e. The van der Waals surface area contributed by atoms with Gasteiger partial charge in [-0.05, 0) is 6.92 Å². The molecule has 0 saturated heterocycles. The fraction of sp³-hybridized carbons (Fsp3) is 0.400. The molecule has 0 amide bonds. The lowest BCUT2D eigenvalue weighted by atomic mass is 10.2. The van der Waals surface area contributed by atoms with Crippen molar-refractivity contribution in [2.75, 3.05) is 0 Å². The Bertz CT molecular complexity index is 567. The van der Waals surface area contributed by atoms with Gasteiger partial charge in [-0.2, -0.15) is 23.4 Å². The van der Waals surface area contributed by atoms with Gasteiger partial charge in [0.15, 0.2) is 5.82 Å². The summed E-state index contributed by atoms with van der Waals surface area (Å²) in [5.74, 6) is 0.450. The molecule has 2 rings (SSSR count). The van der Waals surface area contributed by atoms with Crippen LogP contribution in [0.2, 0.25) is 0 Å². The molecule has 0 aliphatic carbocycles. The predicted molar refractivity (Wildman–Crippen MR) is 58.0 cm³/mol. The third-order valence-electron chi connectivity index (χ3n) is 2.64. The maximum atomic E-state index is 12.5. The van der Waals surface area contributed by atoms with Gasteiger partial charge in [0, 0.05) is 25.4 Å². The fourth-order valence-corrected chi connectivity index (χ4v) is 1.80. The highest BCUT2D eigenvalue weighted by atomic mass is 19.4. The van der Waals surface area contributed by atoms with E-state index in [4.69, 9.17) is 5.73 Å². The van der Waals surface area contributed by atoms with Crippen molar-refractivity contribution in [1.29, 1.82) is 0 Å². The minimum absolute atomic E-state index is 0.191. The smallest absolute Gasteiger partial charge is 0.326 e. The molecule has 0 aliphatic rings. The molecule has 2 N–H and O–H groups in total. The number of alkyl halides is 3. The molecule has 98 valence electrons. The van der Waals surface area contributed by atoms with E-state index in [2.05, 4.69) is 10.2 Å². The minimum atomic E-state index is -4.41. The van der Waals surface area contributed by atoms with Gasteiger partial charge in [-0.15, -0.1) is 0 Å². The van der Waals surface area contributed by atoms with Gasteiger partial charge in [0.25, 0.3) is 0 Å². The number of aryl methyl sites for hydroxylation is 2. The standard InChI is InChI=1S/C10H12F3N5/c1-6-8(3-14)9(17(2)16-6)18-5-7(4-15-18)10(11,12)13/h4-5H,3,14H2,1-2H3. The number of hydrogen-bond acceptors (Lipinski definition) is 3. The second-order valence-corrected chi connectivity index (χ2v) is 3.89. The second-order valence-electron chi connectivity index (χ2n) is 3.89. The zero-order valence-corrected chi connectivity index (χ0v) is 9.86. The first kappa shape index (κ1) is 12.6. The van der Waals surface area contributed by atoms with Crippen molar-refractivity contribution in [3.8, 4) is 5.82 Å². The molecular weight excluding hydrogens is 247 g/mol. The summed E-state index contributed by atoms with van der Waals surface area (Å²) in [6, 6.07) is 0. The number of nitrogens with zero attached hydrogens (tertiary/aromatic N) is 4. The van der Waals surface area contributed by atoms with Gasteiger partial charge < -0.3 is 5.73 Å². The van der Waals surface area contributed by atoms with Gasteiger partial charge in [-0.3, -0.25) is 4.68 Å². The Morgan fingerprint density at radius 1 is 1.39 bits per heavy atom. The average Bonchev–Trinajstić information content (AvgIpc) is 2.81. The van der Waals surface area contributed by atoms with Crippen molar-refractivity contribution < 1.29 is 13.2 Å². The van der Waals surface area contributed by atoms with E-state index >= 15 is 0 Å². The Morgan fingerprint density at radius 3 is 2.56 bits per heavy atom. The summed E-state index contributed by atoms with van der Waals surface area (Å²) in [5.41, 5.74) is 6.13. The van der Waals surface area contributed by atoms with E-state index in [0.29, 0.717) is 17.1 Å². The molecule has 0 radical (unpaired) electrons. The SMILES string of the molecule is Cc1nn(C)c(-n2cc(C(F)(F)F)cn2)c1CN. The molecule has 0 aliphatic heterocycles. The van der Waals surface area contributed by atoms with Crippen LogP contribution in [0, 0.1) is 6.92 Å². The molecular formula is C10H12F3N5. The molecule has 0 bridgehead atoms. The number of hydrogen-bond donors (Lipinski definition) is 1. The summed E-state index contributed by atoms with van der Waals surface area (Å²) in [7, 11) is 1.64. The lowest BCUT2D eigenvalue weighted by Gasteiger charge is -2.05. The van der Waals surface area contributed by atoms with Crippen LogP contribution in [0.4, 0.5) is 13.2 Å². The van der Waals surface area contributed by atoms with E-state index in [1.807, 2.05) is 0 Å². The normalized spacial score (nSPS) is 12.1. The number of nitrogens with two attached hydrogens (primary N) is 1. The summed E-state index contributed by atoms with van der Waals surface area (Å²) in [6.45, 7) is 1.94. The quantitative estimate of drug-likeness (QED) is 0.886. The van der Waals surface area contributed by atoms with E-state index in [9.17, 15) is 13.2 Å². The Labute approximate surface area is 101 Å². The highest BCUT2D eigenvalue weighted by molar-refractivity contribution is 5.37. The highest BCUT2D eigenvalue weighted by Crippen LogP contribution is 2.29. The van der Waals surface area contributed by atoms with Gasteiger partial charge in [0.1, 0.15) is 0 Å². The van der Waals surface area contributed by atoms with Crippen LogP contribution in [0.3, 0.4) is 0 Å². The summed E-state index contributed by atoms with van der Waals surface area (Å²) < 4.78 is 40.1. The molecule has 0 spiro atoms. The van der Waals surface area contributed by atoms with Gasteiger partial charge in [-0.1, -0.05) is 0 Å². The molecule has 0 saturated carbocycles. The van der Waals surface area contributed by atoms with Crippen LogP contribution in [-0.2, 0) is 19.8 Å². The van der Waals surface area contributed by atoms with Crippen molar-refractivity contribution in [2.24, 2.45) is 12.8 Å². The van der Waals surface area contributed by atoms with Gasteiger partial charge in [0.2, 0.25) is 0 Å². The van der Waals surface area contributed by atoms with Gasteiger partial charge >= 0.3 is 6.18 Å². The molecule has 2 heterocycles. The van der Waals surface area contributed by atoms with Crippen molar-refractivity contribution in [2.45, 2.75) is 19.6 Å². The first-order valence-corrected chi connectivity index (χ1v) is 5.19. The molecule has 0 fully saturated rings. The Hall–Kier alpha value is -1.83. The molecule has 2 aromatic rings. The molecule has 8 heteroatoms. The number of halogens is 3. The molecule has 0 atom stereocenters. The first-order chi connectivity index (χ1) is 8.34. The summed E-state index contributed by atoms with van der Waals surface area (Å²) in [4.78, 5) is 0. The lowest BCUT2D eigenvalue weighted by molar-refractivity contribution is -0.137. The number of rotatable bonds is 2. The molecule has 0 unspecified atom stereocenters. The van der Waals surface area contributed by atoms with Crippen molar-refractivity contribution in [3.05, 3.63) is 29.2 Å². The Kier molecular flexibility index (Phi) is 2.89. The third kappa shape index (κ3) is 1.99. The average molecular weight is 259 g/mol. The van der Waals surface area contributed by atoms with E-state index < -0.39 is 11.7 Å². The maximum absolute atomic E-state index is 12.5. The second kappa shape index (κ2) is 4.13. The fourth-order valence-electron chi connectivity index (χ4n) is 1.80. The van der Waals surface area contributed by atoms with Crippen LogP contribution >= 0.6 is 0 Å². The molecule has 5 nitrogen and oxygen atoms in total. The maximum Gasteiger partial charge on any atom is 0.419 e.